The summed E-state index contributed by atoms with van der Waals surface area (Å²) in [5.41, 5.74) is -1.14. The zero-order valence-corrected chi connectivity index (χ0v) is 18.6. The molecule has 0 spiro atoms. The lowest BCUT2D eigenvalue weighted by Crippen LogP contribution is -2.50. The largest absolute Gasteiger partial charge is 0.494 e. The van der Waals surface area contributed by atoms with Crippen LogP contribution in [-0.2, 0) is 4.74 Å². The van der Waals surface area contributed by atoms with Crippen molar-refractivity contribution in [1.82, 2.24) is 4.98 Å². The molecule has 0 radical (unpaired) electrons. The standard InChI is InChI=1S/C23H26F4N2O4/c1-4-33-22(31)19-17(29-9-5-8-23(2,12-29)20(30)21(26)27)7-6-16(28-19)13-10-15(25)18(32-3)11-14(13)24/h6-7,10-11,20-21,30H,4-5,8-9,12H2,1-3H3/t20-,23+/m1/s1. The molecule has 1 aromatic heterocycles. The van der Waals surface area contributed by atoms with Crippen LogP contribution in [0.25, 0.3) is 11.3 Å². The van der Waals surface area contributed by atoms with Crippen LogP contribution in [-0.4, -0.2) is 55.4 Å². The maximum Gasteiger partial charge on any atom is 0.359 e. The number of anilines is 1. The number of esters is 1. The molecule has 0 amide bonds. The Kier molecular flexibility index (Phi) is 7.46. The summed E-state index contributed by atoms with van der Waals surface area (Å²) in [6.07, 6.45) is -3.86. The number of rotatable bonds is 7. The van der Waals surface area contributed by atoms with Crippen LogP contribution in [0.1, 0.15) is 37.2 Å². The van der Waals surface area contributed by atoms with Crippen LogP contribution in [0.3, 0.4) is 0 Å². The number of alkyl halides is 2. The van der Waals surface area contributed by atoms with Gasteiger partial charge in [0.05, 0.1) is 25.1 Å². The van der Waals surface area contributed by atoms with Crippen molar-refractivity contribution in [2.24, 2.45) is 5.41 Å². The van der Waals surface area contributed by atoms with E-state index in [1.54, 1.807) is 18.7 Å². The van der Waals surface area contributed by atoms with Crippen LogP contribution < -0.4 is 9.64 Å². The molecule has 1 saturated heterocycles. The lowest BCUT2D eigenvalue weighted by atomic mass is 9.77. The summed E-state index contributed by atoms with van der Waals surface area (Å²) >= 11 is 0. The maximum atomic E-state index is 14.6. The first kappa shape index (κ1) is 24.8. The van der Waals surface area contributed by atoms with Gasteiger partial charge >= 0.3 is 5.97 Å². The van der Waals surface area contributed by atoms with E-state index in [1.165, 1.54) is 19.2 Å². The number of halogens is 4. The molecule has 0 saturated carbocycles. The summed E-state index contributed by atoms with van der Waals surface area (Å²) in [6.45, 7) is 3.72. The topological polar surface area (TPSA) is 71.9 Å². The van der Waals surface area contributed by atoms with Crippen molar-refractivity contribution < 1.29 is 36.9 Å². The third-order valence-corrected chi connectivity index (χ3v) is 5.88. The highest BCUT2D eigenvalue weighted by molar-refractivity contribution is 5.94. The first-order chi connectivity index (χ1) is 15.6. The summed E-state index contributed by atoms with van der Waals surface area (Å²) in [4.78, 5) is 18.6. The van der Waals surface area contributed by atoms with Crippen molar-refractivity contribution in [2.75, 3.05) is 31.7 Å². The highest BCUT2D eigenvalue weighted by atomic mass is 19.3. The van der Waals surface area contributed by atoms with Crippen LogP contribution in [0, 0.1) is 17.0 Å². The molecule has 180 valence electrons. The van der Waals surface area contributed by atoms with E-state index < -0.39 is 35.5 Å². The minimum Gasteiger partial charge on any atom is -0.494 e. The molecule has 0 unspecified atom stereocenters. The van der Waals surface area contributed by atoms with Gasteiger partial charge in [0.1, 0.15) is 11.9 Å². The Morgan fingerprint density at radius 2 is 2.00 bits per heavy atom. The number of carbonyl (C=O) groups is 1. The quantitative estimate of drug-likeness (QED) is 0.477. The number of aliphatic hydroxyl groups excluding tert-OH is 1. The van der Waals surface area contributed by atoms with E-state index in [-0.39, 0.29) is 35.9 Å². The number of benzene rings is 1. The Morgan fingerprint density at radius 3 is 2.64 bits per heavy atom. The minimum atomic E-state index is -2.91. The van der Waals surface area contributed by atoms with Gasteiger partial charge < -0.3 is 19.5 Å². The highest BCUT2D eigenvalue weighted by Crippen LogP contribution is 2.39. The zero-order chi connectivity index (χ0) is 24.3. The van der Waals surface area contributed by atoms with Crippen molar-refractivity contribution in [3.05, 3.63) is 41.6 Å². The predicted octanol–water partition coefficient (Wildman–Crippen LogP) is 4.44. The van der Waals surface area contributed by atoms with Gasteiger partial charge in [-0.1, -0.05) is 6.92 Å². The van der Waals surface area contributed by atoms with E-state index in [1.807, 2.05) is 0 Å². The number of hydrogen-bond acceptors (Lipinski definition) is 6. The average Bonchev–Trinajstić information content (AvgIpc) is 2.79. The number of ether oxygens (including phenoxy) is 2. The predicted molar refractivity (Wildman–Crippen MR) is 114 cm³/mol. The van der Waals surface area contributed by atoms with Gasteiger partial charge in [-0.05, 0) is 38.0 Å². The van der Waals surface area contributed by atoms with Gasteiger partial charge in [-0.2, -0.15) is 0 Å². The number of aliphatic hydroxyl groups is 1. The fourth-order valence-corrected chi connectivity index (χ4v) is 4.11. The van der Waals surface area contributed by atoms with E-state index in [4.69, 9.17) is 9.47 Å². The first-order valence-electron chi connectivity index (χ1n) is 10.5. The molecule has 0 bridgehead atoms. The first-order valence-corrected chi connectivity index (χ1v) is 10.5. The molecule has 1 fully saturated rings. The fraction of sp³-hybridized carbons (Fsp3) is 0.478. The lowest BCUT2D eigenvalue weighted by molar-refractivity contribution is -0.0811. The zero-order valence-electron chi connectivity index (χ0n) is 18.6. The summed E-state index contributed by atoms with van der Waals surface area (Å²) in [7, 11) is 1.21. The number of methoxy groups -OCH3 is 1. The van der Waals surface area contributed by atoms with E-state index in [0.29, 0.717) is 25.1 Å². The molecule has 2 atom stereocenters. The van der Waals surface area contributed by atoms with Crippen molar-refractivity contribution in [1.29, 1.82) is 0 Å². The van der Waals surface area contributed by atoms with Crippen LogP contribution in [0.2, 0.25) is 0 Å². The normalized spacial score (nSPS) is 19.5. The van der Waals surface area contributed by atoms with Crippen LogP contribution >= 0.6 is 0 Å². The monoisotopic (exact) mass is 470 g/mol. The van der Waals surface area contributed by atoms with Gasteiger partial charge in [0.15, 0.2) is 17.3 Å². The van der Waals surface area contributed by atoms with Gasteiger partial charge in [0.2, 0.25) is 0 Å². The van der Waals surface area contributed by atoms with E-state index in [2.05, 4.69) is 4.98 Å². The van der Waals surface area contributed by atoms with Gasteiger partial charge in [-0.3, -0.25) is 0 Å². The van der Waals surface area contributed by atoms with Gasteiger partial charge in [0.25, 0.3) is 6.43 Å². The Balaban J connectivity index is 2.05. The second kappa shape index (κ2) is 9.94. The summed E-state index contributed by atoms with van der Waals surface area (Å²) in [5.74, 6) is -2.66. The van der Waals surface area contributed by atoms with Crippen LogP contribution in [0.5, 0.6) is 5.75 Å². The third kappa shape index (κ3) is 5.05. The second-order valence-corrected chi connectivity index (χ2v) is 8.21. The van der Waals surface area contributed by atoms with Crippen LogP contribution in [0.4, 0.5) is 23.2 Å². The highest BCUT2D eigenvalue weighted by Gasteiger charge is 2.42. The summed E-state index contributed by atoms with van der Waals surface area (Å²) < 4.78 is 65.1. The van der Waals surface area contributed by atoms with Crippen molar-refractivity contribution in [3.8, 4) is 17.0 Å². The molecule has 1 aliphatic rings. The van der Waals surface area contributed by atoms with Gasteiger partial charge in [-0.25, -0.2) is 27.3 Å². The minimum absolute atomic E-state index is 0.00626. The molecule has 10 heteroatoms. The molecule has 3 rings (SSSR count). The molecule has 1 N–H and O–H groups in total. The molecule has 0 aliphatic carbocycles. The fourth-order valence-electron chi connectivity index (χ4n) is 4.11. The number of pyridine rings is 1. The second-order valence-electron chi connectivity index (χ2n) is 8.21. The Hall–Kier alpha value is -2.88. The van der Waals surface area contributed by atoms with Crippen molar-refractivity contribution >= 4 is 11.7 Å². The number of aromatic nitrogens is 1. The van der Waals surface area contributed by atoms with E-state index >= 15 is 0 Å². The third-order valence-electron chi connectivity index (χ3n) is 5.88. The number of hydrogen-bond donors (Lipinski definition) is 1. The molecule has 33 heavy (non-hydrogen) atoms. The number of carbonyl (C=O) groups excluding carboxylic acids is 1. The molecule has 2 heterocycles. The van der Waals surface area contributed by atoms with E-state index in [0.717, 1.165) is 12.1 Å². The Bertz CT molecular complexity index is 1020. The molecule has 1 aromatic carbocycles. The number of nitrogens with zero attached hydrogens (tertiary/aromatic N) is 2. The number of piperidine rings is 1. The van der Waals surface area contributed by atoms with Gasteiger partial charge in [-0.15, -0.1) is 0 Å². The summed E-state index contributed by atoms with van der Waals surface area (Å²) in [5, 5.41) is 10.1. The lowest BCUT2D eigenvalue weighted by Gasteiger charge is -2.44. The van der Waals surface area contributed by atoms with Crippen molar-refractivity contribution in [2.45, 2.75) is 39.2 Å². The molecule has 2 aromatic rings. The Morgan fingerprint density at radius 1 is 1.27 bits per heavy atom. The van der Waals surface area contributed by atoms with E-state index in [9.17, 15) is 27.5 Å². The van der Waals surface area contributed by atoms with Gasteiger partial charge in [0, 0.05) is 30.1 Å². The molecular formula is C23H26F4N2O4. The Labute approximate surface area is 189 Å². The SMILES string of the molecule is CCOC(=O)c1nc(-c2cc(F)c(OC)cc2F)ccc1N1CCC[C@](C)([C@H](O)C(F)F)C1. The molecule has 1 aliphatic heterocycles. The molecule has 6 nitrogen and oxygen atoms in total. The van der Waals surface area contributed by atoms with Crippen LogP contribution in [0.15, 0.2) is 24.3 Å². The average molecular weight is 470 g/mol. The maximum absolute atomic E-state index is 14.6. The smallest absolute Gasteiger partial charge is 0.359 e. The summed E-state index contributed by atoms with van der Waals surface area (Å²) in [6, 6.07) is 4.71. The van der Waals surface area contributed by atoms with Crippen molar-refractivity contribution in [3.63, 3.8) is 0 Å². The molecular weight excluding hydrogens is 444 g/mol.